The molecule has 1 aromatic heterocycles. The quantitative estimate of drug-likeness (QED) is 0.312. The lowest BCUT2D eigenvalue weighted by Crippen LogP contribution is -2.28. The highest BCUT2D eigenvalue weighted by Gasteiger charge is 2.18. The molecule has 1 N–H and O–H groups in total. The second kappa shape index (κ2) is 11.6. The summed E-state index contributed by atoms with van der Waals surface area (Å²) in [6.07, 6.45) is 0. The van der Waals surface area contributed by atoms with Gasteiger partial charge in [0, 0.05) is 5.69 Å². The molecule has 4 rings (SSSR count). The standard InChI is InChI=1S/C27H28N4O3S/c1-19-9-7-8-12-24(19)20(2)28-26(32)18-35-27-30-29-25(31(27)21-10-5-4-6-11-21)17-34-23-15-13-22(33-3)14-16-23/h4-16,20H,17-18H2,1-3H3,(H,28,32). The van der Waals surface area contributed by atoms with E-state index in [1.54, 1.807) is 7.11 Å². The smallest absolute Gasteiger partial charge is 0.230 e. The third-order valence-electron chi connectivity index (χ3n) is 5.51. The Morgan fingerprint density at radius 2 is 1.66 bits per heavy atom. The van der Waals surface area contributed by atoms with Gasteiger partial charge in [0.25, 0.3) is 0 Å². The summed E-state index contributed by atoms with van der Waals surface area (Å²) in [5.74, 6) is 2.26. The molecule has 0 spiro atoms. The van der Waals surface area contributed by atoms with Crippen molar-refractivity contribution in [2.75, 3.05) is 12.9 Å². The van der Waals surface area contributed by atoms with Crippen LogP contribution >= 0.6 is 11.8 Å². The van der Waals surface area contributed by atoms with Gasteiger partial charge >= 0.3 is 0 Å². The Labute approximate surface area is 209 Å². The Balaban J connectivity index is 1.45. The van der Waals surface area contributed by atoms with Crippen molar-refractivity contribution in [3.8, 4) is 17.2 Å². The summed E-state index contributed by atoms with van der Waals surface area (Å²) in [5, 5.41) is 12.4. The van der Waals surface area contributed by atoms with Crippen LogP contribution in [0.3, 0.4) is 0 Å². The highest BCUT2D eigenvalue weighted by molar-refractivity contribution is 7.99. The number of hydrogen-bond acceptors (Lipinski definition) is 6. The van der Waals surface area contributed by atoms with Gasteiger partial charge in [0.15, 0.2) is 11.0 Å². The zero-order valence-corrected chi connectivity index (χ0v) is 20.8. The van der Waals surface area contributed by atoms with Crippen LogP contribution in [-0.2, 0) is 11.4 Å². The predicted molar refractivity (Wildman–Crippen MR) is 137 cm³/mol. The maximum Gasteiger partial charge on any atom is 0.230 e. The molecule has 1 atom stereocenters. The molecule has 0 saturated heterocycles. The average Bonchev–Trinajstić information content (AvgIpc) is 3.30. The molecule has 3 aromatic carbocycles. The molecule has 0 aliphatic rings. The normalized spacial score (nSPS) is 11.6. The molecule has 7 nitrogen and oxygen atoms in total. The third kappa shape index (κ3) is 6.22. The monoisotopic (exact) mass is 488 g/mol. The van der Waals surface area contributed by atoms with Gasteiger partial charge in [-0.1, -0.05) is 54.2 Å². The zero-order chi connectivity index (χ0) is 24.6. The van der Waals surface area contributed by atoms with E-state index in [4.69, 9.17) is 9.47 Å². The highest BCUT2D eigenvalue weighted by Crippen LogP contribution is 2.24. The molecule has 35 heavy (non-hydrogen) atoms. The van der Waals surface area contributed by atoms with Crippen LogP contribution in [0.15, 0.2) is 84.0 Å². The Bertz CT molecular complexity index is 1260. The number of hydrogen-bond donors (Lipinski definition) is 1. The summed E-state index contributed by atoms with van der Waals surface area (Å²) in [7, 11) is 1.63. The molecule has 1 amide bonds. The number of nitrogens with zero attached hydrogens (tertiary/aromatic N) is 3. The molecule has 180 valence electrons. The van der Waals surface area contributed by atoms with E-state index < -0.39 is 0 Å². The van der Waals surface area contributed by atoms with Crippen molar-refractivity contribution in [2.24, 2.45) is 0 Å². The molecule has 8 heteroatoms. The van der Waals surface area contributed by atoms with Gasteiger partial charge in [0.1, 0.15) is 18.1 Å². The van der Waals surface area contributed by atoms with Crippen molar-refractivity contribution >= 4 is 17.7 Å². The first kappa shape index (κ1) is 24.3. The minimum atomic E-state index is -0.0789. The molecule has 4 aromatic rings. The molecule has 1 unspecified atom stereocenters. The molecular weight excluding hydrogens is 460 g/mol. The second-order valence-corrected chi connectivity index (χ2v) is 8.91. The maximum atomic E-state index is 12.7. The van der Waals surface area contributed by atoms with E-state index in [-0.39, 0.29) is 24.3 Å². The van der Waals surface area contributed by atoms with Crippen LogP contribution in [0, 0.1) is 6.92 Å². The number of nitrogens with one attached hydrogen (secondary N) is 1. The van der Waals surface area contributed by atoms with Gasteiger partial charge in [0.2, 0.25) is 5.91 Å². The lowest BCUT2D eigenvalue weighted by Gasteiger charge is -2.16. The minimum Gasteiger partial charge on any atom is -0.497 e. The first-order valence-corrected chi connectivity index (χ1v) is 12.3. The number of carbonyl (C=O) groups is 1. The summed E-state index contributed by atoms with van der Waals surface area (Å²) < 4.78 is 13.1. The minimum absolute atomic E-state index is 0.0654. The van der Waals surface area contributed by atoms with Crippen LogP contribution < -0.4 is 14.8 Å². The van der Waals surface area contributed by atoms with Crippen LogP contribution in [0.5, 0.6) is 11.5 Å². The summed E-state index contributed by atoms with van der Waals surface area (Å²) in [6.45, 7) is 4.27. The number of benzene rings is 3. The summed E-state index contributed by atoms with van der Waals surface area (Å²) >= 11 is 1.34. The van der Waals surface area contributed by atoms with Crippen LogP contribution in [0.25, 0.3) is 5.69 Å². The number of rotatable bonds is 10. The maximum absolute atomic E-state index is 12.7. The van der Waals surface area contributed by atoms with E-state index in [9.17, 15) is 4.79 Å². The number of ether oxygens (including phenoxy) is 2. The number of thioether (sulfide) groups is 1. The Kier molecular flexibility index (Phi) is 8.05. The summed E-state index contributed by atoms with van der Waals surface area (Å²) in [4.78, 5) is 12.7. The number of aromatic nitrogens is 3. The van der Waals surface area contributed by atoms with E-state index >= 15 is 0 Å². The molecule has 0 aliphatic heterocycles. The topological polar surface area (TPSA) is 78.3 Å². The number of amides is 1. The van der Waals surface area contributed by atoms with Gasteiger partial charge in [-0.2, -0.15) is 0 Å². The van der Waals surface area contributed by atoms with Crippen molar-refractivity contribution in [1.29, 1.82) is 0 Å². The van der Waals surface area contributed by atoms with Gasteiger partial charge < -0.3 is 14.8 Å². The van der Waals surface area contributed by atoms with Gasteiger partial charge in [-0.15, -0.1) is 10.2 Å². The molecule has 0 fully saturated rings. The SMILES string of the molecule is COc1ccc(OCc2nnc(SCC(=O)NC(C)c3ccccc3C)n2-c2ccccc2)cc1. The number of carbonyl (C=O) groups excluding carboxylic acids is 1. The van der Waals surface area contributed by atoms with Crippen LogP contribution in [0.2, 0.25) is 0 Å². The zero-order valence-electron chi connectivity index (χ0n) is 20.0. The first-order chi connectivity index (χ1) is 17.0. The largest absolute Gasteiger partial charge is 0.497 e. The van der Waals surface area contributed by atoms with E-state index in [2.05, 4.69) is 15.5 Å². The number of methoxy groups -OCH3 is 1. The number of aryl methyl sites for hydroxylation is 1. The summed E-state index contributed by atoms with van der Waals surface area (Å²) in [5.41, 5.74) is 3.16. The van der Waals surface area contributed by atoms with Crippen molar-refractivity contribution in [1.82, 2.24) is 20.1 Å². The van der Waals surface area contributed by atoms with Crippen molar-refractivity contribution in [3.63, 3.8) is 0 Å². The Morgan fingerprint density at radius 1 is 0.971 bits per heavy atom. The molecule has 1 heterocycles. The van der Waals surface area contributed by atoms with Crippen LogP contribution in [0.4, 0.5) is 0 Å². The van der Waals surface area contributed by atoms with Gasteiger partial charge in [0.05, 0.1) is 18.9 Å². The lowest BCUT2D eigenvalue weighted by atomic mass is 10.0. The molecule has 0 bridgehead atoms. The van der Waals surface area contributed by atoms with Gasteiger partial charge in [-0.25, -0.2) is 0 Å². The Morgan fingerprint density at radius 3 is 2.37 bits per heavy atom. The molecule has 0 aliphatic carbocycles. The molecule has 0 saturated carbocycles. The fraction of sp³-hybridized carbons (Fsp3) is 0.222. The third-order valence-corrected chi connectivity index (χ3v) is 6.44. The van der Waals surface area contributed by atoms with E-state index in [1.165, 1.54) is 11.8 Å². The van der Waals surface area contributed by atoms with E-state index in [0.717, 1.165) is 22.6 Å². The van der Waals surface area contributed by atoms with Crippen LogP contribution in [-0.4, -0.2) is 33.5 Å². The van der Waals surface area contributed by atoms with E-state index in [1.807, 2.05) is 97.3 Å². The van der Waals surface area contributed by atoms with Gasteiger partial charge in [-0.05, 0) is 61.4 Å². The van der Waals surface area contributed by atoms with E-state index in [0.29, 0.717) is 16.7 Å². The summed E-state index contributed by atoms with van der Waals surface area (Å²) in [6, 6.07) is 25.2. The first-order valence-electron chi connectivity index (χ1n) is 11.3. The Hall–Kier alpha value is -3.78. The fourth-order valence-electron chi connectivity index (χ4n) is 3.71. The molecular formula is C27H28N4O3S. The predicted octanol–water partition coefficient (Wildman–Crippen LogP) is 5.13. The van der Waals surface area contributed by atoms with Crippen LogP contribution in [0.1, 0.15) is 29.9 Å². The van der Waals surface area contributed by atoms with Crippen molar-refractivity contribution in [3.05, 3.63) is 95.8 Å². The van der Waals surface area contributed by atoms with Crippen molar-refractivity contribution < 1.29 is 14.3 Å². The second-order valence-electron chi connectivity index (χ2n) is 7.97. The highest BCUT2D eigenvalue weighted by atomic mass is 32.2. The lowest BCUT2D eigenvalue weighted by molar-refractivity contribution is -0.119. The fourth-order valence-corrected chi connectivity index (χ4v) is 4.49. The van der Waals surface area contributed by atoms with Gasteiger partial charge in [-0.3, -0.25) is 9.36 Å². The molecule has 0 radical (unpaired) electrons. The average molecular weight is 489 g/mol. The number of para-hydroxylation sites is 1. The van der Waals surface area contributed by atoms with Crippen molar-refractivity contribution in [2.45, 2.75) is 31.7 Å².